The molecule has 0 saturated carbocycles. The summed E-state index contributed by atoms with van der Waals surface area (Å²) < 4.78 is 15.2. The van der Waals surface area contributed by atoms with Gasteiger partial charge in [-0.2, -0.15) is 0 Å². The Balaban J connectivity index is 1.53. The zero-order valence-corrected chi connectivity index (χ0v) is 16.9. The maximum atomic E-state index is 12.4. The summed E-state index contributed by atoms with van der Waals surface area (Å²) in [6.45, 7) is 4.57. The Labute approximate surface area is 174 Å². The summed E-state index contributed by atoms with van der Waals surface area (Å²) in [5, 5.41) is 2.74. The van der Waals surface area contributed by atoms with E-state index in [0.29, 0.717) is 24.5 Å². The second-order valence-corrected chi connectivity index (χ2v) is 6.75. The number of nitrogens with zero attached hydrogens (tertiary/aromatic N) is 1. The van der Waals surface area contributed by atoms with Crippen LogP contribution in [-0.2, 0) is 19.0 Å². The lowest BCUT2D eigenvalue weighted by molar-refractivity contribution is -0.123. The quantitative estimate of drug-likeness (QED) is 0.729. The number of carbonyl (C=O) groups excluding carboxylic acids is 3. The van der Waals surface area contributed by atoms with Crippen LogP contribution in [0.15, 0.2) is 48.5 Å². The summed E-state index contributed by atoms with van der Waals surface area (Å²) in [4.78, 5) is 38.3. The van der Waals surface area contributed by atoms with E-state index in [4.69, 9.17) is 9.47 Å². The molecule has 0 aromatic heterocycles. The summed E-state index contributed by atoms with van der Waals surface area (Å²) in [6, 6.07) is 13.3. The van der Waals surface area contributed by atoms with E-state index in [0.717, 1.165) is 18.8 Å². The molecule has 1 saturated heterocycles. The largest absolute Gasteiger partial charge is 0.465 e. The second kappa shape index (κ2) is 9.89. The molecule has 158 valence electrons. The number of rotatable bonds is 6. The van der Waals surface area contributed by atoms with Crippen LogP contribution in [0.4, 0.5) is 11.4 Å². The maximum absolute atomic E-state index is 12.4. The molecule has 1 N–H and O–H groups in total. The Morgan fingerprint density at radius 1 is 0.933 bits per heavy atom. The van der Waals surface area contributed by atoms with Crippen LogP contribution in [-0.4, -0.2) is 57.4 Å². The van der Waals surface area contributed by atoms with E-state index >= 15 is 0 Å². The average Bonchev–Trinajstić information content (AvgIpc) is 2.79. The van der Waals surface area contributed by atoms with E-state index in [2.05, 4.69) is 15.0 Å². The van der Waals surface area contributed by atoms with Gasteiger partial charge in [-0.1, -0.05) is 0 Å². The van der Waals surface area contributed by atoms with Crippen LogP contribution >= 0.6 is 0 Å². The lowest BCUT2D eigenvalue weighted by Crippen LogP contribution is -2.36. The molecule has 0 bridgehead atoms. The highest BCUT2D eigenvalue weighted by Crippen LogP contribution is 2.19. The number of ether oxygens (including phenoxy) is 3. The van der Waals surface area contributed by atoms with Crippen LogP contribution in [0.2, 0.25) is 0 Å². The van der Waals surface area contributed by atoms with Crippen molar-refractivity contribution in [1.29, 1.82) is 0 Å². The number of benzene rings is 2. The van der Waals surface area contributed by atoms with Crippen molar-refractivity contribution in [1.82, 2.24) is 0 Å². The summed E-state index contributed by atoms with van der Waals surface area (Å²) in [7, 11) is 1.28. The fraction of sp³-hybridized carbons (Fsp3) is 0.318. The van der Waals surface area contributed by atoms with Gasteiger partial charge in [-0.05, 0) is 55.5 Å². The van der Waals surface area contributed by atoms with Crippen LogP contribution in [0.5, 0.6) is 0 Å². The predicted octanol–water partition coefficient (Wildman–Crippen LogP) is 2.49. The number of methoxy groups -OCH3 is 1. The number of esters is 2. The van der Waals surface area contributed by atoms with Crippen LogP contribution in [0.1, 0.15) is 27.6 Å². The molecule has 0 spiro atoms. The topological polar surface area (TPSA) is 94.2 Å². The number of morpholine rings is 1. The molecule has 0 radical (unpaired) electrons. The van der Waals surface area contributed by atoms with Crippen molar-refractivity contribution in [3.63, 3.8) is 0 Å². The first-order valence-corrected chi connectivity index (χ1v) is 9.61. The molecule has 1 fully saturated rings. The van der Waals surface area contributed by atoms with Gasteiger partial charge >= 0.3 is 11.9 Å². The van der Waals surface area contributed by atoms with Crippen molar-refractivity contribution in [3.8, 4) is 0 Å². The monoisotopic (exact) mass is 412 g/mol. The first-order chi connectivity index (χ1) is 14.5. The Bertz CT molecular complexity index is 889. The fourth-order valence-electron chi connectivity index (χ4n) is 2.96. The number of carbonyl (C=O) groups is 3. The molecular weight excluding hydrogens is 388 g/mol. The van der Waals surface area contributed by atoms with Crippen molar-refractivity contribution in [2.75, 3.05) is 43.6 Å². The minimum Gasteiger partial charge on any atom is -0.465 e. The molecule has 0 unspecified atom stereocenters. The minimum atomic E-state index is -0.989. The molecule has 1 aliphatic rings. The number of hydrogen-bond donors (Lipinski definition) is 1. The molecule has 1 atom stereocenters. The van der Waals surface area contributed by atoms with E-state index in [1.807, 2.05) is 24.3 Å². The molecule has 8 nitrogen and oxygen atoms in total. The third-order valence-corrected chi connectivity index (χ3v) is 4.71. The number of hydrogen-bond acceptors (Lipinski definition) is 7. The highest BCUT2D eigenvalue weighted by Gasteiger charge is 2.20. The van der Waals surface area contributed by atoms with Crippen molar-refractivity contribution in [3.05, 3.63) is 59.7 Å². The van der Waals surface area contributed by atoms with E-state index in [1.54, 1.807) is 0 Å². The van der Waals surface area contributed by atoms with Crippen LogP contribution in [0.3, 0.4) is 0 Å². The molecule has 0 aliphatic carbocycles. The number of anilines is 2. The van der Waals surface area contributed by atoms with Gasteiger partial charge in [-0.15, -0.1) is 0 Å². The molecule has 3 rings (SSSR count). The van der Waals surface area contributed by atoms with Gasteiger partial charge in [0.05, 0.1) is 31.5 Å². The van der Waals surface area contributed by atoms with E-state index < -0.39 is 23.9 Å². The average molecular weight is 412 g/mol. The summed E-state index contributed by atoms with van der Waals surface area (Å²) in [5.74, 6) is -1.59. The van der Waals surface area contributed by atoms with Crippen molar-refractivity contribution >= 4 is 29.2 Å². The lowest BCUT2D eigenvalue weighted by Gasteiger charge is -2.28. The third kappa shape index (κ3) is 5.36. The van der Waals surface area contributed by atoms with Gasteiger partial charge in [0.2, 0.25) is 0 Å². The van der Waals surface area contributed by atoms with Gasteiger partial charge in [-0.3, -0.25) is 4.79 Å². The van der Waals surface area contributed by atoms with Crippen LogP contribution < -0.4 is 10.2 Å². The molecule has 2 aromatic carbocycles. The number of amides is 1. The van der Waals surface area contributed by atoms with Gasteiger partial charge in [0.1, 0.15) is 0 Å². The third-order valence-electron chi connectivity index (χ3n) is 4.71. The Morgan fingerprint density at radius 2 is 1.50 bits per heavy atom. The molecule has 1 heterocycles. The molecule has 8 heteroatoms. The highest BCUT2D eigenvalue weighted by atomic mass is 16.5. The summed E-state index contributed by atoms with van der Waals surface area (Å²) in [6.07, 6.45) is -0.989. The van der Waals surface area contributed by atoms with Gasteiger partial charge in [0.25, 0.3) is 5.91 Å². The molecule has 1 aliphatic heterocycles. The normalized spacial score (nSPS) is 14.5. The highest BCUT2D eigenvalue weighted by molar-refractivity contribution is 5.98. The molecular formula is C22H24N2O6. The Kier molecular flexibility index (Phi) is 7.03. The van der Waals surface area contributed by atoms with Gasteiger partial charge in [0.15, 0.2) is 6.10 Å². The first kappa shape index (κ1) is 21.3. The van der Waals surface area contributed by atoms with Crippen LogP contribution in [0, 0.1) is 0 Å². The zero-order valence-electron chi connectivity index (χ0n) is 16.9. The SMILES string of the molecule is COC(=O)c1ccc(C(=O)O[C@@H](C)C(=O)Nc2ccc(N3CCOCC3)cc2)cc1. The van der Waals surface area contributed by atoms with Crippen molar-refractivity contribution < 1.29 is 28.6 Å². The fourth-order valence-corrected chi connectivity index (χ4v) is 2.96. The smallest absolute Gasteiger partial charge is 0.338 e. The summed E-state index contributed by atoms with van der Waals surface area (Å²) >= 11 is 0. The van der Waals surface area contributed by atoms with E-state index in [1.165, 1.54) is 38.3 Å². The maximum Gasteiger partial charge on any atom is 0.338 e. The van der Waals surface area contributed by atoms with Crippen molar-refractivity contribution in [2.24, 2.45) is 0 Å². The predicted molar refractivity (Wildman–Crippen MR) is 111 cm³/mol. The summed E-state index contributed by atoms with van der Waals surface area (Å²) in [5.41, 5.74) is 2.23. The standard InChI is InChI=1S/C22H24N2O6/c1-15(30-22(27)17-5-3-16(4-6-17)21(26)28-2)20(25)23-18-7-9-19(10-8-18)24-11-13-29-14-12-24/h3-10,15H,11-14H2,1-2H3,(H,23,25)/t15-/m0/s1. The van der Waals surface area contributed by atoms with Gasteiger partial charge in [-0.25, -0.2) is 9.59 Å². The molecule has 30 heavy (non-hydrogen) atoms. The molecule has 1 amide bonds. The van der Waals surface area contributed by atoms with Crippen LogP contribution in [0.25, 0.3) is 0 Å². The Morgan fingerprint density at radius 3 is 2.07 bits per heavy atom. The van der Waals surface area contributed by atoms with Gasteiger partial charge < -0.3 is 24.4 Å². The minimum absolute atomic E-state index is 0.233. The number of nitrogens with one attached hydrogen (secondary N) is 1. The van der Waals surface area contributed by atoms with Gasteiger partial charge in [0, 0.05) is 24.5 Å². The zero-order chi connectivity index (χ0) is 21.5. The Hall–Kier alpha value is -3.39. The van der Waals surface area contributed by atoms with E-state index in [-0.39, 0.29) is 5.56 Å². The molecule has 2 aromatic rings. The lowest BCUT2D eigenvalue weighted by atomic mass is 10.1. The first-order valence-electron chi connectivity index (χ1n) is 9.61. The van der Waals surface area contributed by atoms with E-state index in [9.17, 15) is 14.4 Å². The van der Waals surface area contributed by atoms with Crippen molar-refractivity contribution in [2.45, 2.75) is 13.0 Å². The second-order valence-electron chi connectivity index (χ2n) is 6.75.